The summed E-state index contributed by atoms with van der Waals surface area (Å²) in [5.74, 6) is 0.905. The maximum atomic E-state index is 12.4. The van der Waals surface area contributed by atoms with Crippen molar-refractivity contribution in [3.8, 4) is 23.3 Å². The fourth-order valence-corrected chi connectivity index (χ4v) is 2.78. The topological polar surface area (TPSA) is 80.6 Å². The number of amides is 1. The number of nitrogens with one attached hydrogen (secondary N) is 1. The van der Waals surface area contributed by atoms with Crippen LogP contribution in [0.1, 0.15) is 5.56 Å². The standard InChI is InChI=1S/C19H17IN2O4/c1-24-16-10-18(26-3)17(25-2)8-12(16)7-13(11-21)19(23)22-15-6-4-5-14(20)9-15/h4-10H,1-3H3,(H,22,23)/b13-7+. The maximum Gasteiger partial charge on any atom is 0.266 e. The highest BCUT2D eigenvalue weighted by molar-refractivity contribution is 14.1. The van der Waals surface area contributed by atoms with E-state index in [9.17, 15) is 10.1 Å². The van der Waals surface area contributed by atoms with E-state index in [1.54, 1.807) is 18.2 Å². The molecule has 6 nitrogen and oxygen atoms in total. The highest BCUT2D eigenvalue weighted by Crippen LogP contribution is 2.35. The Hall–Kier alpha value is -2.73. The molecule has 2 aromatic rings. The van der Waals surface area contributed by atoms with Crippen molar-refractivity contribution in [2.45, 2.75) is 0 Å². The van der Waals surface area contributed by atoms with Crippen molar-refractivity contribution in [3.05, 3.63) is 51.1 Å². The normalized spacial score (nSPS) is 10.7. The Morgan fingerprint density at radius 3 is 2.31 bits per heavy atom. The molecule has 134 valence electrons. The average Bonchev–Trinajstić information content (AvgIpc) is 2.65. The Morgan fingerprint density at radius 1 is 1.08 bits per heavy atom. The summed E-state index contributed by atoms with van der Waals surface area (Å²) in [6.45, 7) is 0. The van der Waals surface area contributed by atoms with Crippen LogP contribution in [0, 0.1) is 14.9 Å². The number of halogens is 1. The molecule has 0 aliphatic carbocycles. The van der Waals surface area contributed by atoms with E-state index in [0.29, 0.717) is 28.5 Å². The summed E-state index contributed by atoms with van der Waals surface area (Å²) in [7, 11) is 4.52. The predicted octanol–water partition coefficient (Wildman–Crippen LogP) is 3.86. The lowest BCUT2D eigenvalue weighted by molar-refractivity contribution is -0.112. The monoisotopic (exact) mass is 464 g/mol. The van der Waals surface area contributed by atoms with Gasteiger partial charge in [-0.2, -0.15) is 5.26 Å². The summed E-state index contributed by atoms with van der Waals surface area (Å²) in [4.78, 5) is 12.4. The first-order valence-electron chi connectivity index (χ1n) is 7.51. The van der Waals surface area contributed by atoms with Gasteiger partial charge in [0.1, 0.15) is 17.4 Å². The Balaban J connectivity index is 2.38. The molecule has 0 radical (unpaired) electrons. The van der Waals surface area contributed by atoms with Crippen LogP contribution in [0.25, 0.3) is 6.08 Å². The second-order valence-corrected chi connectivity index (χ2v) is 6.33. The smallest absolute Gasteiger partial charge is 0.266 e. The zero-order chi connectivity index (χ0) is 19.1. The molecule has 0 aliphatic rings. The molecule has 1 amide bonds. The number of ether oxygens (including phenoxy) is 3. The lowest BCUT2D eigenvalue weighted by Crippen LogP contribution is -2.13. The van der Waals surface area contributed by atoms with Crippen LogP contribution in [0.2, 0.25) is 0 Å². The fraction of sp³-hybridized carbons (Fsp3) is 0.158. The molecule has 0 saturated carbocycles. The molecule has 0 bridgehead atoms. The Bertz CT molecular complexity index is 888. The molecule has 0 heterocycles. The third kappa shape index (κ3) is 4.67. The van der Waals surface area contributed by atoms with Crippen LogP contribution < -0.4 is 19.5 Å². The zero-order valence-electron chi connectivity index (χ0n) is 14.5. The van der Waals surface area contributed by atoms with E-state index in [1.165, 1.54) is 27.4 Å². The van der Waals surface area contributed by atoms with Gasteiger partial charge < -0.3 is 19.5 Å². The number of benzene rings is 2. The summed E-state index contributed by atoms with van der Waals surface area (Å²) in [6.07, 6.45) is 1.45. The van der Waals surface area contributed by atoms with Crippen LogP contribution in [-0.2, 0) is 4.79 Å². The van der Waals surface area contributed by atoms with E-state index in [0.717, 1.165) is 3.57 Å². The molecule has 26 heavy (non-hydrogen) atoms. The molecular formula is C19H17IN2O4. The number of nitriles is 1. The second kappa shape index (κ2) is 9.10. The number of anilines is 1. The molecule has 0 fully saturated rings. The minimum atomic E-state index is -0.508. The van der Waals surface area contributed by atoms with Crippen molar-refractivity contribution in [1.82, 2.24) is 0 Å². The van der Waals surface area contributed by atoms with Crippen molar-refractivity contribution in [2.24, 2.45) is 0 Å². The van der Waals surface area contributed by atoms with Gasteiger partial charge in [-0.25, -0.2) is 0 Å². The molecule has 0 aromatic heterocycles. The minimum absolute atomic E-state index is 0.0608. The fourth-order valence-electron chi connectivity index (χ4n) is 2.23. The van der Waals surface area contributed by atoms with Gasteiger partial charge in [-0.15, -0.1) is 0 Å². The number of rotatable bonds is 6. The summed E-state index contributed by atoms with van der Waals surface area (Å²) >= 11 is 2.15. The summed E-state index contributed by atoms with van der Waals surface area (Å²) in [6, 6.07) is 12.5. The number of methoxy groups -OCH3 is 3. The molecule has 2 rings (SSSR count). The number of carbonyl (C=O) groups is 1. The van der Waals surface area contributed by atoms with E-state index in [1.807, 2.05) is 24.3 Å². The lowest BCUT2D eigenvalue weighted by Gasteiger charge is -2.12. The van der Waals surface area contributed by atoms with Crippen LogP contribution >= 0.6 is 22.6 Å². The lowest BCUT2D eigenvalue weighted by atomic mass is 10.1. The van der Waals surface area contributed by atoms with Crippen molar-refractivity contribution in [2.75, 3.05) is 26.6 Å². The minimum Gasteiger partial charge on any atom is -0.496 e. The SMILES string of the molecule is COc1cc(OC)c(OC)cc1/C=C(\C#N)C(=O)Nc1cccc(I)c1. The first-order chi connectivity index (χ1) is 12.5. The number of hydrogen-bond acceptors (Lipinski definition) is 5. The molecule has 7 heteroatoms. The third-order valence-corrected chi connectivity index (χ3v) is 4.15. The van der Waals surface area contributed by atoms with Gasteiger partial charge in [-0.05, 0) is 52.9 Å². The van der Waals surface area contributed by atoms with Crippen LogP contribution in [-0.4, -0.2) is 27.2 Å². The average molecular weight is 464 g/mol. The van der Waals surface area contributed by atoms with Gasteiger partial charge in [0.25, 0.3) is 5.91 Å². The zero-order valence-corrected chi connectivity index (χ0v) is 16.7. The molecule has 0 atom stereocenters. The van der Waals surface area contributed by atoms with Gasteiger partial charge >= 0.3 is 0 Å². The van der Waals surface area contributed by atoms with Crippen LogP contribution in [0.4, 0.5) is 5.69 Å². The largest absolute Gasteiger partial charge is 0.496 e. The second-order valence-electron chi connectivity index (χ2n) is 5.08. The number of nitrogens with zero attached hydrogens (tertiary/aromatic N) is 1. The Morgan fingerprint density at radius 2 is 1.73 bits per heavy atom. The van der Waals surface area contributed by atoms with Gasteiger partial charge in [0.15, 0.2) is 11.5 Å². The Labute approximate surface area is 165 Å². The predicted molar refractivity (Wildman–Crippen MR) is 107 cm³/mol. The first-order valence-corrected chi connectivity index (χ1v) is 8.59. The van der Waals surface area contributed by atoms with E-state index in [4.69, 9.17) is 14.2 Å². The van der Waals surface area contributed by atoms with E-state index in [-0.39, 0.29) is 5.57 Å². The highest BCUT2D eigenvalue weighted by atomic mass is 127. The van der Waals surface area contributed by atoms with Crippen LogP contribution in [0.3, 0.4) is 0 Å². The third-order valence-electron chi connectivity index (χ3n) is 3.48. The molecule has 2 aromatic carbocycles. The molecule has 0 saturated heterocycles. The van der Waals surface area contributed by atoms with E-state index < -0.39 is 5.91 Å². The van der Waals surface area contributed by atoms with Gasteiger partial charge in [0, 0.05) is 20.9 Å². The van der Waals surface area contributed by atoms with Gasteiger partial charge in [-0.1, -0.05) is 6.07 Å². The van der Waals surface area contributed by atoms with Gasteiger partial charge in [-0.3, -0.25) is 4.79 Å². The van der Waals surface area contributed by atoms with Crippen molar-refractivity contribution in [1.29, 1.82) is 5.26 Å². The molecular weight excluding hydrogens is 447 g/mol. The molecule has 0 unspecified atom stereocenters. The number of carbonyl (C=O) groups excluding carboxylic acids is 1. The highest BCUT2D eigenvalue weighted by Gasteiger charge is 2.14. The molecule has 0 spiro atoms. The van der Waals surface area contributed by atoms with Gasteiger partial charge in [0.2, 0.25) is 0 Å². The van der Waals surface area contributed by atoms with Crippen molar-refractivity contribution >= 4 is 40.3 Å². The Kier molecular flexibility index (Phi) is 6.86. The van der Waals surface area contributed by atoms with Crippen LogP contribution in [0.5, 0.6) is 17.2 Å². The van der Waals surface area contributed by atoms with Crippen LogP contribution in [0.15, 0.2) is 42.0 Å². The quantitative estimate of drug-likeness (QED) is 0.399. The van der Waals surface area contributed by atoms with Crippen molar-refractivity contribution < 1.29 is 19.0 Å². The number of hydrogen-bond donors (Lipinski definition) is 1. The molecule has 1 N–H and O–H groups in total. The summed E-state index contributed by atoms with van der Waals surface area (Å²) < 4.78 is 16.8. The molecule has 0 aliphatic heterocycles. The maximum absolute atomic E-state index is 12.4. The summed E-state index contributed by atoms with van der Waals surface area (Å²) in [5.41, 5.74) is 1.08. The summed E-state index contributed by atoms with van der Waals surface area (Å²) in [5, 5.41) is 12.1. The van der Waals surface area contributed by atoms with Crippen molar-refractivity contribution in [3.63, 3.8) is 0 Å². The first kappa shape index (κ1) is 19.6. The van der Waals surface area contributed by atoms with Gasteiger partial charge in [0.05, 0.1) is 21.3 Å². The van der Waals surface area contributed by atoms with E-state index in [2.05, 4.69) is 27.9 Å². The van der Waals surface area contributed by atoms with E-state index >= 15 is 0 Å².